The third kappa shape index (κ3) is 3.52. The van der Waals surface area contributed by atoms with Crippen LogP contribution in [0.1, 0.15) is 49.8 Å². The zero-order valence-corrected chi connectivity index (χ0v) is 12.6. The fourth-order valence-electron chi connectivity index (χ4n) is 2.84. The fourth-order valence-corrected chi connectivity index (χ4v) is 3.79. The smallest absolute Gasteiger partial charge is 0.0294 e. The van der Waals surface area contributed by atoms with Crippen LogP contribution in [0, 0.1) is 6.92 Å². The monoisotopic (exact) mass is 263 g/mol. The van der Waals surface area contributed by atoms with Gasteiger partial charge in [-0.25, -0.2) is 0 Å². The molecule has 100 valence electrons. The van der Waals surface area contributed by atoms with E-state index in [1.165, 1.54) is 36.8 Å². The first kappa shape index (κ1) is 14.0. The van der Waals surface area contributed by atoms with Crippen molar-refractivity contribution in [3.8, 4) is 0 Å². The maximum atomic E-state index is 3.83. The first-order chi connectivity index (χ1) is 8.70. The summed E-state index contributed by atoms with van der Waals surface area (Å²) < 4.78 is 0. The highest BCUT2D eigenvalue weighted by Crippen LogP contribution is 2.29. The van der Waals surface area contributed by atoms with E-state index in [0.717, 1.165) is 5.25 Å². The lowest BCUT2D eigenvalue weighted by molar-refractivity contribution is 0.356. The molecule has 0 saturated heterocycles. The molecule has 0 amide bonds. The van der Waals surface area contributed by atoms with Gasteiger partial charge in [-0.05, 0) is 38.5 Å². The van der Waals surface area contributed by atoms with E-state index in [2.05, 4.69) is 49.7 Å². The van der Waals surface area contributed by atoms with Crippen LogP contribution in [0.4, 0.5) is 0 Å². The minimum absolute atomic E-state index is 0.461. The molecule has 0 spiro atoms. The summed E-state index contributed by atoms with van der Waals surface area (Å²) in [6.07, 6.45) is 7.75. The van der Waals surface area contributed by atoms with Crippen molar-refractivity contribution < 1.29 is 0 Å². The van der Waals surface area contributed by atoms with Crippen LogP contribution in [0.25, 0.3) is 0 Å². The van der Waals surface area contributed by atoms with Crippen LogP contribution in [-0.2, 0) is 0 Å². The average Bonchev–Trinajstić information content (AvgIpc) is 2.40. The summed E-state index contributed by atoms with van der Waals surface area (Å²) in [6.45, 7) is 4.43. The maximum absolute atomic E-state index is 3.83. The predicted molar refractivity (Wildman–Crippen MR) is 82.3 cm³/mol. The van der Waals surface area contributed by atoms with Gasteiger partial charge in [0.15, 0.2) is 0 Å². The number of aryl methyl sites for hydroxylation is 1. The lowest BCUT2D eigenvalue weighted by Crippen LogP contribution is -2.41. The van der Waals surface area contributed by atoms with Crippen molar-refractivity contribution in [1.82, 2.24) is 5.32 Å². The third-order valence-corrected chi connectivity index (χ3v) is 5.22. The second kappa shape index (κ2) is 6.63. The van der Waals surface area contributed by atoms with Gasteiger partial charge in [-0.3, -0.25) is 0 Å². The number of hydrogen-bond donors (Lipinski definition) is 1. The Balaban J connectivity index is 1.97. The van der Waals surface area contributed by atoms with Gasteiger partial charge in [-0.2, -0.15) is 11.8 Å². The molecule has 3 atom stereocenters. The van der Waals surface area contributed by atoms with Crippen LogP contribution in [0.15, 0.2) is 24.3 Å². The number of thioether (sulfide) groups is 1. The van der Waals surface area contributed by atoms with Crippen LogP contribution in [-0.4, -0.2) is 17.5 Å². The van der Waals surface area contributed by atoms with Crippen molar-refractivity contribution in [2.45, 2.75) is 56.9 Å². The standard InChI is InChI=1S/C16H25NS/c1-12-8-10-14(11-9-12)13(2)17-15-6-4-5-7-16(15)18-3/h8-11,13,15-17H,4-7H2,1-3H3. The summed E-state index contributed by atoms with van der Waals surface area (Å²) in [6, 6.07) is 10.1. The lowest BCUT2D eigenvalue weighted by atomic mass is 9.93. The maximum Gasteiger partial charge on any atom is 0.0294 e. The highest BCUT2D eigenvalue weighted by molar-refractivity contribution is 7.99. The molecule has 18 heavy (non-hydrogen) atoms. The number of nitrogens with one attached hydrogen (secondary N) is 1. The molecule has 1 aliphatic carbocycles. The summed E-state index contributed by atoms with van der Waals surface area (Å²) in [5, 5.41) is 4.63. The first-order valence-electron chi connectivity index (χ1n) is 7.06. The van der Waals surface area contributed by atoms with E-state index >= 15 is 0 Å². The largest absolute Gasteiger partial charge is 0.306 e. The zero-order valence-electron chi connectivity index (χ0n) is 11.8. The quantitative estimate of drug-likeness (QED) is 0.868. The van der Waals surface area contributed by atoms with Crippen molar-refractivity contribution >= 4 is 11.8 Å². The Morgan fingerprint density at radius 2 is 1.83 bits per heavy atom. The average molecular weight is 263 g/mol. The lowest BCUT2D eigenvalue weighted by Gasteiger charge is -2.33. The van der Waals surface area contributed by atoms with Crippen molar-refractivity contribution in [3.63, 3.8) is 0 Å². The SMILES string of the molecule is CSC1CCCCC1NC(C)c1ccc(C)cc1. The Kier molecular flexibility index (Phi) is 5.13. The molecule has 1 saturated carbocycles. The van der Waals surface area contributed by atoms with Gasteiger partial charge in [0, 0.05) is 17.3 Å². The van der Waals surface area contributed by atoms with Gasteiger partial charge in [0.25, 0.3) is 0 Å². The molecule has 0 heterocycles. The van der Waals surface area contributed by atoms with E-state index in [4.69, 9.17) is 0 Å². The van der Waals surface area contributed by atoms with Crippen LogP contribution < -0.4 is 5.32 Å². The molecule has 0 radical (unpaired) electrons. The van der Waals surface area contributed by atoms with E-state index in [0.29, 0.717) is 12.1 Å². The molecule has 1 N–H and O–H groups in total. The van der Waals surface area contributed by atoms with Gasteiger partial charge in [0.05, 0.1) is 0 Å². The molecule has 1 aromatic carbocycles. The molecular weight excluding hydrogens is 238 g/mol. The Morgan fingerprint density at radius 1 is 1.17 bits per heavy atom. The van der Waals surface area contributed by atoms with Crippen LogP contribution >= 0.6 is 11.8 Å². The third-order valence-electron chi connectivity index (χ3n) is 4.05. The van der Waals surface area contributed by atoms with E-state index < -0.39 is 0 Å². The number of benzene rings is 1. The summed E-state index contributed by atoms with van der Waals surface area (Å²) >= 11 is 2.03. The van der Waals surface area contributed by atoms with Crippen molar-refractivity contribution in [3.05, 3.63) is 35.4 Å². The fraction of sp³-hybridized carbons (Fsp3) is 0.625. The van der Waals surface area contributed by atoms with Gasteiger partial charge in [0.2, 0.25) is 0 Å². The Hall–Kier alpha value is -0.470. The second-order valence-corrected chi connectivity index (χ2v) is 6.54. The Labute approximate surface area is 116 Å². The zero-order chi connectivity index (χ0) is 13.0. The molecule has 0 bridgehead atoms. The highest BCUT2D eigenvalue weighted by atomic mass is 32.2. The van der Waals surface area contributed by atoms with Gasteiger partial charge in [0.1, 0.15) is 0 Å². The molecular formula is C16H25NS. The van der Waals surface area contributed by atoms with Gasteiger partial charge < -0.3 is 5.32 Å². The van der Waals surface area contributed by atoms with E-state index in [-0.39, 0.29) is 0 Å². The van der Waals surface area contributed by atoms with Gasteiger partial charge in [-0.1, -0.05) is 42.7 Å². The van der Waals surface area contributed by atoms with Crippen LogP contribution in [0.2, 0.25) is 0 Å². The Bertz CT molecular complexity index is 360. The Morgan fingerprint density at radius 3 is 2.50 bits per heavy atom. The second-order valence-electron chi connectivity index (χ2n) is 5.46. The summed E-state index contributed by atoms with van der Waals surface area (Å²) in [4.78, 5) is 0. The molecule has 1 aromatic rings. The van der Waals surface area contributed by atoms with Crippen molar-refractivity contribution in [1.29, 1.82) is 0 Å². The number of rotatable bonds is 4. The molecule has 1 aliphatic rings. The molecule has 2 heteroatoms. The number of hydrogen-bond acceptors (Lipinski definition) is 2. The predicted octanol–water partition coefficient (Wildman–Crippen LogP) is 4.32. The molecule has 0 aromatic heterocycles. The van der Waals surface area contributed by atoms with Gasteiger partial charge >= 0.3 is 0 Å². The first-order valence-corrected chi connectivity index (χ1v) is 8.35. The highest BCUT2D eigenvalue weighted by Gasteiger charge is 2.25. The topological polar surface area (TPSA) is 12.0 Å². The van der Waals surface area contributed by atoms with Crippen molar-refractivity contribution in [2.24, 2.45) is 0 Å². The molecule has 1 nitrogen and oxygen atoms in total. The summed E-state index contributed by atoms with van der Waals surface area (Å²) in [5.41, 5.74) is 2.75. The summed E-state index contributed by atoms with van der Waals surface area (Å²) in [5.74, 6) is 0. The minimum atomic E-state index is 0.461. The normalized spacial score (nSPS) is 25.9. The molecule has 3 unspecified atom stereocenters. The van der Waals surface area contributed by atoms with E-state index in [9.17, 15) is 0 Å². The van der Waals surface area contributed by atoms with Crippen LogP contribution in [0.5, 0.6) is 0 Å². The van der Waals surface area contributed by atoms with E-state index in [1.54, 1.807) is 0 Å². The van der Waals surface area contributed by atoms with Crippen LogP contribution in [0.3, 0.4) is 0 Å². The van der Waals surface area contributed by atoms with Crippen molar-refractivity contribution in [2.75, 3.05) is 6.26 Å². The molecule has 2 rings (SSSR count). The van der Waals surface area contributed by atoms with E-state index in [1.807, 2.05) is 11.8 Å². The molecule has 1 fully saturated rings. The van der Waals surface area contributed by atoms with Gasteiger partial charge in [-0.15, -0.1) is 0 Å². The summed E-state index contributed by atoms with van der Waals surface area (Å²) in [7, 11) is 0. The molecule has 0 aliphatic heterocycles. The minimum Gasteiger partial charge on any atom is -0.306 e.